The summed E-state index contributed by atoms with van der Waals surface area (Å²) in [5.74, 6) is -1.07. The number of hydrogen-bond acceptors (Lipinski definition) is 2. The second-order valence-electron chi connectivity index (χ2n) is 3.48. The van der Waals surface area contributed by atoms with E-state index in [1.54, 1.807) is 0 Å². The molecule has 1 aromatic rings. The van der Waals surface area contributed by atoms with Gasteiger partial charge in [0.1, 0.15) is 5.69 Å². The van der Waals surface area contributed by atoms with Gasteiger partial charge in [0, 0.05) is 0 Å². The number of aromatic nitrogens is 2. The van der Waals surface area contributed by atoms with Gasteiger partial charge in [-0.25, -0.2) is 8.78 Å². The molecular weight excluding hydrogens is 242 g/mol. The molecule has 1 aromatic heterocycles. The molecule has 4 nitrogen and oxygen atoms in total. The number of aryl methyl sites for hydroxylation is 1. The third kappa shape index (κ3) is 2.49. The molecule has 0 unspecified atom stereocenters. The molecule has 0 spiro atoms. The fourth-order valence-corrected chi connectivity index (χ4v) is 1.62. The monoisotopic (exact) mass is 252 g/mol. The quantitative estimate of drug-likeness (QED) is 0.896. The third-order valence-electron chi connectivity index (χ3n) is 2.14. The first-order valence-electron chi connectivity index (χ1n) is 4.59. The number of hydrogen-bond donors (Lipinski definition) is 1. The van der Waals surface area contributed by atoms with Crippen LogP contribution in [0.3, 0.4) is 0 Å². The molecule has 1 heterocycles. The van der Waals surface area contributed by atoms with Crippen LogP contribution in [0.1, 0.15) is 37.2 Å². The van der Waals surface area contributed by atoms with E-state index in [1.165, 1.54) is 13.8 Å². The number of rotatable bonds is 4. The van der Waals surface area contributed by atoms with Gasteiger partial charge in [0.25, 0.3) is 6.43 Å². The smallest absolute Gasteiger partial charge is 0.305 e. The van der Waals surface area contributed by atoms with Crippen molar-refractivity contribution in [3.63, 3.8) is 0 Å². The average molecular weight is 253 g/mol. The van der Waals surface area contributed by atoms with Crippen molar-refractivity contribution in [3.8, 4) is 0 Å². The second kappa shape index (κ2) is 4.78. The Bertz CT molecular complexity index is 406. The predicted octanol–water partition coefficient (Wildman–Crippen LogP) is 2.82. The molecule has 0 aromatic carbocycles. The van der Waals surface area contributed by atoms with E-state index >= 15 is 0 Å². The van der Waals surface area contributed by atoms with Crippen LogP contribution < -0.4 is 0 Å². The van der Waals surface area contributed by atoms with Crippen molar-refractivity contribution in [3.05, 3.63) is 16.4 Å². The van der Waals surface area contributed by atoms with E-state index in [2.05, 4.69) is 5.10 Å². The minimum Gasteiger partial charge on any atom is -0.481 e. The molecule has 0 radical (unpaired) electrons. The minimum atomic E-state index is -2.77. The van der Waals surface area contributed by atoms with Crippen LogP contribution in [0.5, 0.6) is 0 Å². The highest BCUT2D eigenvalue weighted by Gasteiger charge is 2.25. The second-order valence-corrected chi connectivity index (χ2v) is 3.85. The number of aliphatic carboxylic acids is 1. The van der Waals surface area contributed by atoms with E-state index in [0.29, 0.717) is 0 Å². The van der Waals surface area contributed by atoms with Crippen molar-refractivity contribution < 1.29 is 18.7 Å². The summed E-state index contributed by atoms with van der Waals surface area (Å²) in [5.41, 5.74) is -0.151. The summed E-state index contributed by atoms with van der Waals surface area (Å²) in [7, 11) is 0. The maximum Gasteiger partial charge on any atom is 0.305 e. The van der Waals surface area contributed by atoms with E-state index in [0.717, 1.165) is 4.68 Å². The zero-order valence-corrected chi connectivity index (χ0v) is 9.50. The maximum atomic E-state index is 12.7. The van der Waals surface area contributed by atoms with Crippen LogP contribution in [-0.4, -0.2) is 20.9 Å². The first-order chi connectivity index (χ1) is 7.34. The average Bonchev–Trinajstić information content (AvgIpc) is 2.42. The Morgan fingerprint density at radius 3 is 2.62 bits per heavy atom. The van der Waals surface area contributed by atoms with Crippen LogP contribution >= 0.6 is 11.6 Å². The largest absolute Gasteiger partial charge is 0.481 e. The van der Waals surface area contributed by atoms with E-state index in [1.807, 2.05) is 0 Å². The summed E-state index contributed by atoms with van der Waals surface area (Å²) in [5, 5.41) is 12.3. The number of nitrogens with zero attached hydrogens (tertiary/aromatic N) is 2. The molecule has 0 amide bonds. The van der Waals surface area contributed by atoms with Crippen molar-refractivity contribution in [2.45, 2.75) is 32.7 Å². The fourth-order valence-electron chi connectivity index (χ4n) is 1.42. The molecule has 0 bridgehead atoms. The van der Waals surface area contributed by atoms with E-state index in [4.69, 9.17) is 16.7 Å². The minimum absolute atomic E-state index is 0.104. The van der Waals surface area contributed by atoms with Crippen molar-refractivity contribution >= 4 is 17.6 Å². The number of carboxylic acid groups (broad SMARTS) is 1. The first kappa shape index (κ1) is 12.9. The molecule has 7 heteroatoms. The molecule has 0 fully saturated rings. The normalized spacial score (nSPS) is 13.1. The highest BCUT2D eigenvalue weighted by molar-refractivity contribution is 6.31. The van der Waals surface area contributed by atoms with Crippen molar-refractivity contribution in [1.82, 2.24) is 9.78 Å². The molecule has 1 N–H and O–H groups in total. The van der Waals surface area contributed by atoms with Gasteiger partial charge in [-0.2, -0.15) is 5.10 Å². The Morgan fingerprint density at radius 2 is 2.19 bits per heavy atom. The topological polar surface area (TPSA) is 55.1 Å². The Kier molecular flexibility index (Phi) is 3.85. The summed E-state index contributed by atoms with van der Waals surface area (Å²) < 4.78 is 26.4. The molecule has 0 saturated heterocycles. The Morgan fingerprint density at radius 1 is 1.62 bits per heavy atom. The van der Waals surface area contributed by atoms with Crippen LogP contribution in [0, 0.1) is 6.92 Å². The van der Waals surface area contributed by atoms with Gasteiger partial charge >= 0.3 is 5.97 Å². The van der Waals surface area contributed by atoms with Crippen LogP contribution in [0.2, 0.25) is 5.02 Å². The Labute approximate surface area is 95.8 Å². The number of carbonyl (C=O) groups is 1. The lowest BCUT2D eigenvalue weighted by atomic mass is 10.2. The summed E-state index contributed by atoms with van der Waals surface area (Å²) in [6.45, 7) is 3.00. The van der Waals surface area contributed by atoms with Gasteiger partial charge in [-0.05, 0) is 13.8 Å². The van der Waals surface area contributed by atoms with Gasteiger partial charge in [0.2, 0.25) is 0 Å². The summed E-state index contributed by atoms with van der Waals surface area (Å²) in [6, 6.07) is -0.660. The fraction of sp³-hybridized carbons (Fsp3) is 0.556. The number of halogens is 3. The molecule has 1 atom stereocenters. The van der Waals surface area contributed by atoms with E-state index in [-0.39, 0.29) is 17.1 Å². The van der Waals surface area contributed by atoms with Gasteiger partial charge in [-0.15, -0.1) is 0 Å². The van der Waals surface area contributed by atoms with Gasteiger partial charge in [0.05, 0.1) is 23.2 Å². The van der Waals surface area contributed by atoms with E-state index < -0.39 is 24.1 Å². The molecule has 0 aliphatic rings. The summed E-state index contributed by atoms with van der Waals surface area (Å²) >= 11 is 5.68. The first-order valence-corrected chi connectivity index (χ1v) is 4.96. The third-order valence-corrected chi connectivity index (χ3v) is 2.61. The molecule has 16 heavy (non-hydrogen) atoms. The Hall–Kier alpha value is -1.17. The van der Waals surface area contributed by atoms with Crippen LogP contribution in [-0.2, 0) is 4.79 Å². The zero-order chi connectivity index (χ0) is 12.5. The van der Waals surface area contributed by atoms with Crippen LogP contribution in [0.15, 0.2) is 0 Å². The lowest BCUT2D eigenvalue weighted by molar-refractivity contribution is -0.137. The standard InChI is InChI=1S/C9H11ClF2N2O2/c1-4(3-6(15)16)14-8(9(11)12)7(10)5(2)13-14/h4,9H,3H2,1-2H3,(H,15,16)/t4-/m0/s1. The zero-order valence-electron chi connectivity index (χ0n) is 8.75. The highest BCUT2D eigenvalue weighted by atomic mass is 35.5. The van der Waals surface area contributed by atoms with Crippen LogP contribution in [0.4, 0.5) is 8.78 Å². The molecule has 1 rings (SSSR count). The molecule has 0 saturated carbocycles. The Balaban J connectivity index is 3.12. The molecule has 0 aliphatic heterocycles. The van der Waals surface area contributed by atoms with Crippen molar-refractivity contribution in [1.29, 1.82) is 0 Å². The van der Waals surface area contributed by atoms with E-state index in [9.17, 15) is 13.6 Å². The molecule has 90 valence electrons. The number of alkyl halides is 2. The maximum absolute atomic E-state index is 12.7. The lowest BCUT2D eigenvalue weighted by Gasteiger charge is -2.13. The summed E-state index contributed by atoms with van der Waals surface area (Å²) in [4.78, 5) is 10.5. The van der Waals surface area contributed by atoms with Gasteiger partial charge in [-0.1, -0.05) is 11.6 Å². The van der Waals surface area contributed by atoms with Gasteiger partial charge < -0.3 is 5.11 Å². The van der Waals surface area contributed by atoms with Crippen molar-refractivity contribution in [2.75, 3.05) is 0 Å². The van der Waals surface area contributed by atoms with Gasteiger partial charge in [-0.3, -0.25) is 9.48 Å². The SMILES string of the molecule is Cc1nn([C@@H](C)CC(=O)O)c(C(F)F)c1Cl. The van der Waals surface area contributed by atoms with Gasteiger partial charge in [0.15, 0.2) is 0 Å². The van der Waals surface area contributed by atoms with Crippen LogP contribution in [0.25, 0.3) is 0 Å². The summed E-state index contributed by atoms with van der Waals surface area (Å²) in [6.07, 6.45) is -3.05. The number of carboxylic acids is 1. The highest BCUT2D eigenvalue weighted by Crippen LogP contribution is 2.32. The predicted molar refractivity (Wildman–Crippen MR) is 53.9 cm³/mol. The molecular formula is C9H11ClF2N2O2. The lowest BCUT2D eigenvalue weighted by Crippen LogP contribution is -2.14. The van der Waals surface area contributed by atoms with Crippen molar-refractivity contribution in [2.24, 2.45) is 0 Å². The molecule has 0 aliphatic carbocycles.